The quantitative estimate of drug-likeness (QED) is 0.885. The molecule has 0 aromatic carbocycles. The lowest BCUT2D eigenvalue weighted by molar-refractivity contribution is -0.146. The average molecular weight is 310 g/mol. The molecule has 1 N–H and O–H groups in total. The summed E-state index contributed by atoms with van der Waals surface area (Å²) in [5.41, 5.74) is 0.841. The summed E-state index contributed by atoms with van der Waals surface area (Å²) in [6.07, 6.45) is 0.813. The van der Waals surface area contributed by atoms with Gasteiger partial charge in [-0.15, -0.1) is 11.3 Å². The minimum Gasteiger partial charge on any atom is -0.480 e. The molecule has 1 saturated heterocycles. The van der Waals surface area contributed by atoms with Crippen LogP contribution in [-0.2, 0) is 20.7 Å². The molecule has 7 heteroatoms. The molecule has 114 valence electrons. The van der Waals surface area contributed by atoms with E-state index in [1.807, 2.05) is 11.4 Å². The maximum absolute atomic E-state index is 12.3. The first kappa shape index (κ1) is 14.5. The van der Waals surface area contributed by atoms with Gasteiger partial charge in [0.2, 0.25) is 5.91 Å². The molecule has 1 fully saturated rings. The number of aliphatic carboxylic acids is 1. The monoisotopic (exact) mass is 310 g/mol. The number of thiophene rings is 1. The zero-order valence-corrected chi connectivity index (χ0v) is 12.5. The SMILES string of the molecule is O=C(O)C1c2ccsc2CCN1CC(=O)N1CCOCC1. The van der Waals surface area contributed by atoms with Crippen LogP contribution in [0.1, 0.15) is 16.5 Å². The first-order chi connectivity index (χ1) is 10.2. The highest BCUT2D eigenvalue weighted by Crippen LogP contribution is 2.33. The highest BCUT2D eigenvalue weighted by Gasteiger charge is 2.35. The van der Waals surface area contributed by atoms with Crippen molar-refractivity contribution in [2.24, 2.45) is 0 Å². The Kier molecular flexibility index (Phi) is 4.23. The lowest BCUT2D eigenvalue weighted by atomic mass is 10.00. The van der Waals surface area contributed by atoms with Gasteiger partial charge in [0, 0.05) is 24.5 Å². The Balaban J connectivity index is 1.72. The Hall–Kier alpha value is -1.44. The van der Waals surface area contributed by atoms with E-state index in [0.717, 1.165) is 16.9 Å². The van der Waals surface area contributed by atoms with Gasteiger partial charge in [0.25, 0.3) is 0 Å². The largest absolute Gasteiger partial charge is 0.480 e. The average Bonchev–Trinajstić information content (AvgIpc) is 2.95. The molecule has 1 aromatic heterocycles. The van der Waals surface area contributed by atoms with Crippen LogP contribution in [0.2, 0.25) is 0 Å². The Morgan fingerprint density at radius 3 is 2.81 bits per heavy atom. The molecule has 0 spiro atoms. The summed E-state index contributed by atoms with van der Waals surface area (Å²) < 4.78 is 5.24. The molecule has 0 aliphatic carbocycles. The molecule has 3 heterocycles. The van der Waals surface area contributed by atoms with E-state index in [-0.39, 0.29) is 12.5 Å². The van der Waals surface area contributed by atoms with Crippen molar-refractivity contribution in [2.45, 2.75) is 12.5 Å². The number of amides is 1. The van der Waals surface area contributed by atoms with Gasteiger partial charge in [-0.1, -0.05) is 0 Å². The summed E-state index contributed by atoms with van der Waals surface area (Å²) >= 11 is 1.59. The number of hydrogen-bond donors (Lipinski definition) is 1. The highest BCUT2D eigenvalue weighted by molar-refractivity contribution is 7.10. The first-order valence-corrected chi connectivity index (χ1v) is 7.93. The molecule has 0 bridgehead atoms. The van der Waals surface area contributed by atoms with Crippen LogP contribution in [0, 0.1) is 0 Å². The minimum absolute atomic E-state index is 0.0109. The third kappa shape index (κ3) is 2.95. The number of ether oxygens (including phenoxy) is 1. The second-order valence-electron chi connectivity index (χ2n) is 5.25. The van der Waals surface area contributed by atoms with E-state index >= 15 is 0 Å². The lowest BCUT2D eigenvalue weighted by Crippen LogP contribution is -2.48. The molecule has 3 rings (SSSR count). The summed E-state index contributed by atoms with van der Waals surface area (Å²) in [7, 11) is 0. The van der Waals surface area contributed by atoms with Gasteiger partial charge >= 0.3 is 5.97 Å². The van der Waals surface area contributed by atoms with Crippen molar-refractivity contribution in [3.05, 3.63) is 21.9 Å². The van der Waals surface area contributed by atoms with E-state index in [0.29, 0.717) is 32.8 Å². The third-order valence-corrected chi connectivity index (χ3v) is 5.00. The number of hydrogen-bond acceptors (Lipinski definition) is 5. The van der Waals surface area contributed by atoms with Gasteiger partial charge in [-0.05, 0) is 23.4 Å². The molecule has 0 radical (unpaired) electrons. The summed E-state index contributed by atoms with van der Waals surface area (Å²) in [5.74, 6) is -0.896. The summed E-state index contributed by atoms with van der Waals surface area (Å²) in [4.78, 5) is 28.6. The molecule has 1 atom stereocenters. The summed E-state index contributed by atoms with van der Waals surface area (Å²) in [6.45, 7) is 3.07. The van der Waals surface area contributed by atoms with Crippen LogP contribution in [0.5, 0.6) is 0 Å². The van der Waals surface area contributed by atoms with Crippen LogP contribution >= 0.6 is 11.3 Å². The van der Waals surface area contributed by atoms with Crippen LogP contribution in [0.15, 0.2) is 11.4 Å². The molecule has 1 aromatic rings. The molecular weight excluding hydrogens is 292 g/mol. The van der Waals surface area contributed by atoms with Gasteiger partial charge in [-0.25, -0.2) is 0 Å². The zero-order chi connectivity index (χ0) is 14.8. The Morgan fingerprint density at radius 2 is 2.10 bits per heavy atom. The maximum Gasteiger partial charge on any atom is 0.325 e. The van der Waals surface area contributed by atoms with E-state index in [4.69, 9.17) is 4.74 Å². The molecule has 2 aliphatic rings. The normalized spacial score (nSPS) is 22.9. The predicted octanol–water partition coefficient (Wildman–Crippen LogP) is 0.591. The first-order valence-electron chi connectivity index (χ1n) is 7.05. The standard InChI is InChI=1S/C14H18N2O4S/c17-12(15-4-6-20-7-5-15)9-16-3-1-11-10(2-8-21-11)13(16)14(18)19/h2,8,13H,1,3-7,9H2,(H,18,19). The topological polar surface area (TPSA) is 70.1 Å². The Bertz CT molecular complexity index is 539. The van der Waals surface area contributed by atoms with Gasteiger partial charge in [0.15, 0.2) is 0 Å². The van der Waals surface area contributed by atoms with E-state index in [1.165, 1.54) is 0 Å². The van der Waals surface area contributed by atoms with Crippen LogP contribution in [-0.4, -0.2) is 66.2 Å². The number of morpholine rings is 1. The molecule has 0 saturated carbocycles. The smallest absolute Gasteiger partial charge is 0.325 e. The van der Waals surface area contributed by atoms with Gasteiger partial charge in [0.05, 0.1) is 19.8 Å². The lowest BCUT2D eigenvalue weighted by Gasteiger charge is -2.35. The van der Waals surface area contributed by atoms with Gasteiger partial charge in [-0.2, -0.15) is 0 Å². The summed E-state index contributed by atoms with van der Waals surface area (Å²) in [5, 5.41) is 11.4. The van der Waals surface area contributed by atoms with Gasteiger partial charge < -0.3 is 14.7 Å². The van der Waals surface area contributed by atoms with Crippen molar-refractivity contribution in [3.63, 3.8) is 0 Å². The number of carboxylic acids is 1. The second kappa shape index (κ2) is 6.13. The van der Waals surface area contributed by atoms with Crippen LogP contribution in [0.25, 0.3) is 0 Å². The minimum atomic E-state index is -0.885. The molecule has 1 unspecified atom stereocenters. The predicted molar refractivity (Wildman–Crippen MR) is 77.4 cm³/mol. The number of nitrogens with zero attached hydrogens (tertiary/aromatic N) is 2. The zero-order valence-electron chi connectivity index (χ0n) is 11.7. The van der Waals surface area contributed by atoms with Crippen LogP contribution in [0.3, 0.4) is 0 Å². The summed E-state index contributed by atoms with van der Waals surface area (Å²) in [6, 6.07) is 1.16. The van der Waals surface area contributed by atoms with E-state index in [2.05, 4.69) is 0 Å². The molecule has 21 heavy (non-hydrogen) atoms. The van der Waals surface area contributed by atoms with Crippen molar-refractivity contribution >= 4 is 23.2 Å². The van der Waals surface area contributed by atoms with Crippen molar-refractivity contribution in [2.75, 3.05) is 39.4 Å². The van der Waals surface area contributed by atoms with Crippen molar-refractivity contribution in [3.8, 4) is 0 Å². The number of carboxylic acid groups (broad SMARTS) is 1. The van der Waals surface area contributed by atoms with E-state index in [1.54, 1.807) is 21.1 Å². The maximum atomic E-state index is 12.3. The Morgan fingerprint density at radius 1 is 1.33 bits per heavy atom. The van der Waals surface area contributed by atoms with Gasteiger partial charge in [-0.3, -0.25) is 14.5 Å². The fourth-order valence-electron chi connectivity index (χ4n) is 2.91. The van der Waals surface area contributed by atoms with Crippen LogP contribution < -0.4 is 0 Å². The van der Waals surface area contributed by atoms with E-state index < -0.39 is 12.0 Å². The molecular formula is C14H18N2O4S. The molecule has 2 aliphatic heterocycles. The van der Waals surface area contributed by atoms with E-state index in [9.17, 15) is 14.7 Å². The third-order valence-electron chi connectivity index (χ3n) is 4.00. The molecule has 1 amide bonds. The molecule has 6 nitrogen and oxygen atoms in total. The number of carbonyl (C=O) groups excluding carboxylic acids is 1. The van der Waals surface area contributed by atoms with Gasteiger partial charge in [0.1, 0.15) is 6.04 Å². The van der Waals surface area contributed by atoms with Crippen molar-refractivity contribution in [1.29, 1.82) is 0 Å². The highest BCUT2D eigenvalue weighted by atomic mass is 32.1. The number of fused-ring (bicyclic) bond motifs is 1. The fourth-order valence-corrected chi connectivity index (χ4v) is 3.82. The Labute approximate surface area is 126 Å². The van der Waals surface area contributed by atoms with Crippen molar-refractivity contribution < 1.29 is 19.4 Å². The fraction of sp³-hybridized carbons (Fsp3) is 0.571. The number of rotatable bonds is 3. The van der Waals surface area contributed by atoms with Crippen molar-refractivity contribution in [1.82, 2.24) is 9.80 Å². The second-order valence-corrected chi connectivity index (χ2v) is 6.25. The number of carbonyl (C=O) groups is 2. The van der Waals surface area contributed by atoms with Crippen LogP contribution in [0.4, 0.5) is 0 Å².